The Morgan fingerprint density at radius 2 is 2.33 bits per heavy atom. The van der Waals surface area contributed by atoms with Gasteiger partial charge in [0.25, 0.3) is 0 Å². The average molecular weight is 213 g/mol. The van der Waals surface area contributed by atoms with E-state index in [2.05, 4.69) is 24.5 Å². The Kier molecular flexibility index (Phi) is 5.05. The van der Waals surface area contributed by atoms with E-state index in [1.165, 1.54) is 6.42 Å². The monoisotopic (exact) mass is 213 g/mol. The summed E-state index contributed by atoms with van der Waals surface area (Å²) in [5.74, 6) is 0.452. The van der Waals surface area contributed by atoms with Gasteiger partial charge in [-0.3, -0.25) is 4.79 Å². The molecule has 4 N–H and O–H groups in total. The number of amides is 1. The largest absolute Gasteiger partial charge is 0.353 e. The van der Waals surface area contributed by atoms with Crippen LogP contribution >= 0.6 is 0 Å². The first-order valence-electron chi connectivity index (χ1n) is 5.86. The molecule has 88 valence electrons. The van der Waals surface area contributed by atoms with Crippen LogP contribution in [0.2, 0.25) is 0 Å². The van der Waals surface area contributed by atoms with E-state index in [0.717, 1.165) is 19.4 Å². The van der Waals surface area contributed by atoms with E-state index in [0.29, 0.717) is 18.5 Å². The first-order valence-corrected chi connectivity index (χ1v) is 5.86. The Bertz CT molecular complexity index is 200. The lowest BCUT2D eigenvalue weighted by Gasteiger charge is -2.16. The lowest BCUT2D eigenvalue weighted by Crippen LogP contribution is -2.45. The minimum absolute atomic E-state index is 0.0163. The molecule has 1 rings (SSSR count). The van der Waals surface area contributed by atoms with Crippen molar-refractivity contribution >= 4 is 5.91 Å². The molecule has 0 aromatic rings. The highest BCUT2D eigenvalue weighted by Crippen LogP contribution is 2.05. The van der Waals surface area contributed by atoms with Gasteiger partial charge in [-0.15, -0.1) is 0 Å². The molecule has 1 aliphatic rings. The molecule has 1 saturated heterocycles. The average Bonchev–Trinajstić information content (AvgIpc) is 2.65. The van der Waals surface area contributed by atoms with Gasteiger partial charge in [-0.1, -0.05) is 13.8 Å². The van der Waals surface area contributed by atoms with Crippen molar-refractivity contribution in [2.24, 2.45) is 11.7 Å². The van der Waals surface area contributed by atoms with Gasteiger partial charge in [0.2, 0.25) is 5.91 Å². The third kappa shape index (κ3) is 4.62. The molecule has 1 fully saturated rings. The number of hydrogen-bond donors (Lipinski definition) is 3. The lowest BCUT2D eigenvalue weighted by atomic mass is 10.0. The summed E-state index contributed by atoms with van der Waals surface area (Å²) in [6, 6.07) is 0.0894. The van der Waals surface area contributed by atoms with Crippen molar-refractivity contribution in [2.75, 3.05) is 13.1 Å². The molecule has 4 nitrogen and oxygen atoms in total. The Labute approximate surface area is 92.0 Å². The summed E-state index contributed by atoms with van der Waals surface area (Å²) in [6.45, 7) is 5.93. The number of nitrogens with two attached hydrogens (primary N) is 1. The summed E-state index contributed by atoms with van der Waals surface area (Å²) >= 11 is 0. The minimum Gasteiger partial charge on any atom is -0.353 e. The van der Waals surface area contributed by atoms with Crippen molar-refractivity contribution in [1.82, 2.24) is 10.6 Å². The van der Waals surface area contributed by atoms with Crippen LogP contribution in [0.1, 0.15) is 33.1 Å². The summed E-state index contributed by atoms with van der Waals surface area (Å²) in [5.41, 5.74) is 5.77. The molecule has 0 aliphatic carbocycles. The van der Waals surface area contributed by atoms with E-state index in [1.807, 2.05) is 0 Å². The highest BCUT2D eigenvalue weighted by Gasteiger charge is 2.18. The van der Waals surface area contributed by atoms with E-state index in [1.54, 1.807) is 0 Å². The standard InChI is InChI=1S/C11H23N3O/c1-8(2)6-10(12)11(15)14-7-9-4-3-5-13-9/h8-10,13H,3-7,12H2,1-2H3,(H,14,15)/t9?,10-/m0/s1. The third-order valence-corrected chi connectivity index (χ3v) is 2.75. The van der Waals surface area contributed by atoms with Crippen molar-refractivity contribution in [2.45, 2.75) is 45.2 Å². The zero-order valence-electron chi connectivity index (χ0n) is 9.75. The molecule has 0 aromatic heterocycles. The SMILES string of the molecule is CC(C)C[C@H](N)C(=O)NCC1CCCN1. The quantitative estimate of drug-likeness (QED) is 0.612. The summed E-state index contributed by atoms with van der Waals surface area (Å²) in [4.78, 5) is 11.6. The van der Waals surface area contributed by atoms with Gasteiger partial charge in [0.05, 0.1) is 6.04 Å². The van der Waals surface area contributed by atoms with Crippen LogP contribution in [0.15, 0.2) is 0 Å². The second kappa shape index (κ2) is 6.08. The van der Waals surface area contributed by atoms with Gasteiger partial charge in [0, 0.05) is 12.6 Å². The molecule has 1 unspecified atom stereocenters. The van der Waals surface area contributed by atoms with E-state index in [9.17, 15) is 4.79 Å². The number of carbonyl (C=O) groups is 1. The van der Waals surface area contributed by atoms with Gasteiger partial charge in [-0.2, -0.15) is 0 Å². The summed E-state index contributed by atoms with van der Waals surface area (Å²) < 4.78 is 0. The Hall–Kier alpha value is -0.610. The van der Waals surface area contributed by atoms with Crippen LogP contribution in [0.5, 0.6) is 0 Å². The van der Waals surface area contributed by atoms with Crippen molar-refractivity contribution in [1.29, 1.82) is 0 Å². The predicted molar refractivity (Wildman–Crippen MR) is 61.5 cm³/mol. The molecule has 4 heteroatoms. The molecular formula is C11H23N3O. The van der Waals surface area contributed by atoms with Crippen molar-refractivity contribution in [3.05, 3.63) is 0 Å². The molecule has 1 aliphatic heterocycles. The topological polar surface area (TPSA) is 67.2 Å². The smallest absolute Gasteiger partial charge is 0.236 e. The molecular weight excluding hydrogens is 190 g/mol. The zero-order chi connectivity index (χ0) is 11.3. The fourth-order valence-corrected chi connectivity index (χ4v) is 1.90. The van der Waals surface area contributed by atoms with Crippen LogP contribution in [0.25, 0.3) is 0 Å². The van der Waals surface area contributed by atoms with E-state index in [-0.39, 0.29) is 11.9 Å². The van der Waals surface area contributed by atoms with Crippen LogP contribution in [-0.2, 0) is 4.79 Å². The molecule has 0 bridgehead atoms. The number of carbonyl (C=O) groups excluding carboxylic acids is 1. The Balaban J connectivity index is 2.16. The molecule has 2 atom stereocenters. The first kappa shape index (κ1) is 12.5. The van der Waals surface area contributed by atoms with Gasteiger partial charge in [-0.05, 0) is 31.7 Å². The van der Waals surface area contributed by atoms with Crippen molar-refractivity contribution in [3.63, 3.8) is 0 Å². The zero-order valence-corrected chi connectivity index (χ0v) is 9.75. The fraction of sp³-hybridized carbons (Fsp3) is 0.909. The summed E-state index contributed by atoms with van der Waals surface area (Å²) in [5, 5.41) is 6.24. The second-order valence-electron chi connectivity index (χ2n) is 4.77. The minimum atomic E-state index is -0.355. The maximum Gasteiger partial charge on any atom is 0.236 e. The number of nitrogens with one attached hydrogen (secondary N) is 2. The number of hydrogen-bond acceptors (Lipinski definition) is 3. The van der Waals surface area contributed by atoms with Gasteiger partial charge < -0.3 is 16.4 Å². The summed E-state index contributed by atoms with van der Waals surface area (Å²) in [6.07, 6.45) is 3.11. The Morgan fingerprint density at radius 3 is 2.87 bits per heavy atom. The van der Waals surface area contributed by atoms with E-state index in [4.69, 9.17) is 5.73 Å². The summed E-state index contributed by atoms with van der Waals surface area (Å²) in [7, 11) is 0. The Morgan fingerprint density at radius 1 is 1.60 bits per heavy atom. The maximum atomic E-state index is 11.6. The molecule has 0 saturated carbocycles. The van der Waals surface area contributed by atoms with Crippen molar-refractivity contribution < 1.29 is 4.79 Å². The second-order valence-corrected chi connectivity index (χ2v) is 4.77. The molecule has 15 heavy (non-hydrogen) atoms. The third-order valence-electron chi connectivity index (χ3n) is 2.75. The molecule has 0 aromatic carbocycles. The van der Waals surface area contributed by atoms with Gasteiger partial charge in [0.15, 0.2) is 0 Å². The molecule has 1 heterocycles. The van der Waals surface area contributed by atoms with E-state index >= 15 is 0 Å². The molecule has 0 spiro atoms. The van der Waals surface area contributed by atoms with Crippen LogP contribution in [0, 0.1) is 5.92 Å². The van der Waals surface area contributed by atoms with Gasteiger partial charge in [-0.25, -0.2) is 0 Å². The fourth-order valence-electron chi connectivity index (χ4n) is 1.90. The van der Waals surface area contributed by atoms with Gasteiger partial charge >= 0.3 is 0 Å². The first-order chi connectivity index (χ1) is 7.09. The van der Waals surface area contributed by atoms with Gasteiger partial charge in [0.1, 0.15) is 0 Å². The van der Waals surface area contributed by atoms with Crippen LogP contribution < -0.4 is 16.4 Å². The van der Waals surface area contributed by atoms with Crippen LogP contribution in [0.3, 0.4) is 0 Å². The van der Waals surface area contributed by atoms with Crippen LogP contribution in [0.4, 0.5) is 0 Å². The highest BCUT2D eigenvalue weighted by molar-refractivity contribution is 5.81. The van der Waals surface area contributed by atoms with E-state index < -0.39 is 0 Å². The highest BCUT2D eigenvalue weighted by atomic mass is 16.2. The maximum absolute atomic E-state index is 11.6. The lowest BCUT2D eigenvalue weighted by molar-refractivity contribution is -0.122. The molecule has 1 amide bonds. The predicted octanol–water partition coefficient (Wildman–Crippen LogP) is 0.228. The number of rotatable bonds is 5. The molecule has 0 radical (unpaired) electrons. The normalized spacial score (nSPS) is 23.1. The van der Waals surface area contributed by atoms with Crippen LogP contribution in [-0.4, -0.2) is 31.1 Å². The van der Waals surface area contributed by atoms with Crippen molar-refractivity contribution in [3.8, 4) is 0 Å².